The van der Waals surface area contributed by atoms with Crippen LogP contribution < -0.4 is 5.32 Å². The van der Waals surface area contributed by atoms with Gasteiger partial charge in [0.2, 0.25) is 0 Å². The molecule has 1 aliphatic rings. The number of ether oxygens (including phenoxy) is 1. The van der Waals surface area contributed by atoms with Crippen molar-refractivity contribution in [1.29, 1.82) is 0 Å². The molecule has 1 aliphatic carbocycles. The van der Waals surface area contributed by atoms with Crippen molar-refractivity contribution >= 4 is 5.97 Å². The maximum absolute atomic E-state index is 11.6. The third-order valence-electron chi connectivity index (χ3n) is 3.87. The summed E-state index contributed by atoms with van der Waals surface area (Å²) in [5, 5.41) is 13.2. The number of aliphatic hydroxyl groups is 1. The van der Waals surface area contributed by atoms with E-state index >= 15 is 0 Å². The Morgan fingerprint density at radius 2 is 2.00 bits per heavy atom. The highest BCUT2D eigenvalue weighted by atomic mass is 16.5. The molecule has 4 nitrogen and oxygen atoms in total. The maximum atomic E-state index is 11.6. The lowest BCUT2D eigenvalue weighted by molar-refractivity contribution is -0.143. The van der Waals surface area contributed by atoms with Crippen molar-refractivity contribution in [3.05, 3.63) is 0 Å². The van der Waals surface area contributed by atoms with Crippen molar-refractivity contribution in [2.24, 2.45) is 11.8 Å². The largest absolute Gasteiger partial charge is 0.468 e. The van der Waals surface area contributed by atoms with Crippen molar-refractivity contribution in [2.45, 2.75) is 64.5 Å². The standard InChI is InChI=1S/C15H29NO3/c1-11(2)8-14(15(18)19-3)16-10-13(17)9-12-6-4-5-7-12/h11-14,16-17H,4-10H2,1-3H3. The molecule has 0 spiro atoms. The molecule has 0 bridgehead atoms. The van der Waals surface area contributed by atoms with Crippen LogP contribution in [0.25, 0.3) is 0 Å². The fraction of sp³-hybridized carbons (Fsp3) is 0.933. The zero-order valence-corrected chi connectivity index (χ0v) is 12.5. The van der Waals surface area contributed by atoms with Crippen LogP contribution >= 0.6 is 0 Å². The van der Waals surface area contributed by atoms with Crippen molar-refractivity contribution < 1.29 is 14.6 Å². The van der Waals surface area contributed by atoms with Crippen LogP contribution in [-0.2, 0) is 9.53 Å². The zero-order chi connectivity index (χ0) is 14.3. The average molecular weight is 271 g/mol. The molecular formula is C15H29NO3. The molecule has 0 heterocycles. The minimum Gasteiger partial charge on any atom is -0.468 e. The van der Waals surface area contributed by atoms with Crippen LogP contribution in [0.1, 0.15) is 52.4 Å². The number of carbonyl (C=O) groups excluding carboxylic acids is 1. The van der Waals surface area contributed by atoms with Crippen molar-refractivity contribution in [3.8, 4) is 0 Å². The Labute approximate surface area is 116 Å². The summed E-state index contributed by atoms with van der Waals surface area (Å²) < 4.78 is 4.80. The number of hydrogen-bond donors (Lipinski definition) is 2. The molecule has 19 heavy (non-hydrogen) atoms. The molecule has 2 N–H and O–H groups in total. The van der Waals surface area contributed by atoms with Crippen LogP contribution in [0.4, 0.5) is 0 Å². The van der Waals surface area contributed by atoms with E-state index in [0.717, 1.165) is 12.8 Å². The van der Waals surface area contributed by atoms with Crippen LogP contribution in [0.3, 0.4) is 0 Å². The number of nitrogens with one attached hydrogen (secondary N) is 1. The molecule has 0 aromatic rings. The van der Waals surface area contributed by atoms with Crippen molar-refractivity contribution in [1.82, 2.24) is 5.32 Å². The van der Waals surface area contributed by atoms with E-state index in [2.05, 4.69) is 19.2 Å². The highest BCUT2D eigenvalue weighted by Gasteiger charge is 2.23. The van der Waals surface area contributed by atoms with E-state index in [0.29, 0.717) is 18.4 Å². The normalized spacial score (nSPS) is 19.6. The molecular weight excluding hydrogens is 242 g/mol. The van der Waals surface area contributed by atoms with Crippen LogP contribution in [0, 0.1) is 11.8 Å². The van der Waals surface area contributed by atoms with E-state index in [9.17, 15) is 9.90 Å². The first-order chi connectivity index (χ1) is 9.02. The van der Waals surface area contributed by atoms with Crippen LogP contribution in [0.15, 0.2) is 0 Å². The molecule has 2 atom stereocenters. The lowest BCUT2D eigenvalue weighted by Crippen LogP contribution is -2.42. The molecule has 0 aromatic heterocycles. The van der Waals surface area contributed by atoms with Crippen molar-refractivity contribution in [2.75, 3.05) is 13.7 Å². The topological polar surface area (TPSA) is 58.6 Å². The molecule has 0 amide bonds. The van der Waals surface area contributed by atoms with E-state index in [1.54, 1.807) is 0 Å². The fourth-order valence-corrected chi connectivity index (χ4v) is 2.87. The first-order valence-corrected chi connectivity index (χ1v) is 7.52. The fourth-order valence-electron chi connectivity index (χ4n) is 2.87. The second-order valence-corrected chi connectivity index (χ2v) is 6.15. The third kappa shape index (κ3) is 6.39. The summed E-state index contributed by atoms with van der Waals surface area (Å²) in [5.41, 5.74) is 0. The molecule has 112 valence electrons. The molecule has 4 heteroatoms. The van der Waals surface area contributed by atoms with Gasteiger partial charge >= 0.3 is 5.97 Å². The Balaban J connectivity index is 2.30. The molecule has 0 radical (unpaired) electrons. The number of rotatable bonds is 8. The number of carbonyl (C=O) groups is 1. The molecule has 0 saturated heterocycles. The Bertz CT molecular complexity index is 262. The second-order valence-electron chi connectivity index (χ2n) is 6.15. The molecule has 1 fully saturated rings. The van der Waals surface area contributed by atoms with Gasteiger partial charge in [-0.15, -0.1) is 0 Å². The quantitative estimate of drug-likeness (QED) is 0.664. The Morgan fingerprint density at radius 3 is 2.53 bits per heavy atom. The van der Waals surface area contributed by atoms with Crippen LogP contribution in [-0.4, -0.2) is 36.9 Å². The Kier molecular flexibility index (Phi) is 7.39. The molecule has 0 aromatic carbocycles. The van der Waals surface area contributed by atoms with Gasteiger partial charge in [0.25, 0.3) is 0 Å². The van der Waals surface area contributed by atoms with Crippen LogP contribution in [0.5, 0.6) is 0 Å². The summed E-state index contributed by atoms with van der Waals surface area (Å²) in [7, 11) is 1.41. The molecule has 1 rings (SSSR count). The number of hydrogen-bond acceptors (Lipinski definition) is 4. The summed E-state index contributed by atoms with van der Waals surface area (Å²) >= 11 is 0. The molecule has 2 unspecified atom stereocenters. The summed E-state index contributed by atoms with van der Waals surface area (Å²) in [6.07, 6.45) is 6.30. The van der Waals surface area contributed by atoms with E-state index < -0.39 is 0 Å². The smallest absolute Gasteiger partial charge is 0.322 e. The Morgan fingerprint density at radius 1 is 1.37 bits per heavy atom. The first kappa shape index (κ1) is 16.4. The minimum absolute atomic E-state index is 0.234. The predicted octanol–water partition coefficient (Wildman–Crippen LogP) is 2.10. The highest BCUT2D eigenvalue weighted by molar-refractivity contribution is 5.75. The monoisotopic (exact) mass is 271 g/mol. The van der Waals surface area contributed by atoms with Gasteiger partial charge in [-0.1, -0.05) is 39.5 Å². The van der Waals surface area contributed by atoms with Gasteiger partial charge in [0, 0.05) is 6.54 Å². The van der Waals surface area contributed by atoms with Gasteiger partial charge < -0.3 is 15.2 Å². The lowest BCUT2D eigenvalue weighted by Gasteiger charge is -2.21. The second kappa shape index (κ2) is 8.54. The maximum Gasteiger partial charge on any atom is 0.322 e. The number of esters is 1. The third-order valence-corrected chi connectivity index (χ3v) is 3.87. The summed E-state index contributed by atoms with van der Waals surface area (Å²) in [4.78, 5) is 11.6. The van der Waals surface area contributed by atoms with Gasteiger partial charge in [-0.2, -0.15) is 0 Å². The average Bonchev–Trinajstić information content (AvgIpc) is 2.85. The van der Waals surface area contributed by atoms with E-state index in [4.69, 9.17) is 4.74 Å². The summed E-state index contributed by atoms with van der Waals surface area (Å²) in [5.74, 6) is 0.851. The zero-order valence-electron chi connectivity index (χ0n) is 12.5. The molecule has 0 aliphatic heterocycles. The Hall–Kier alpha value is -0.610. The van der Waals surface area contributed by atoms with Gasteiger partial charge in [-0.05, 0) is 24.7 Å². The minimum atomic E-state index is -0.359. The van der Waals surface area contributed by atoms with Gasteiger partial charge in [0.1, 0.15) is 6.04 Å². The lowest BCUT2D eigenvalue weighted by atomic mass is 9.99. The van der Waals surface area contributed by atoms with E-state index in [1.165, 1.54) is 32.8 Å². The highest BCUT2D eigenvalue weighted by Crippen LogP contribution is 2.28. The van der Waals surface area contributed by atoms with E-state index in [-0.39, 0.29) is 18.1 Å². The van der Waals surface area contributed by atoms with Gasteiger partial charge in [0.15, 0.2) is 0 Å². The number of aliphatic hydroxyl groups excluding tert-OH is 1. The number of methoxy groups -OCH3 is 1. The summed E-state index contributed by atoms with van der Waals surface area (Å²) in [6.45, 7) is 4.63. The van der Waals surface area contributed by atoms with Gasteiger partial charge in [0.05, 0.1) is 13.2 Å². The first-order valence-electron chi connectivity index (χ1n) is 7.52. The molecule has 1 saturated carbocycles. The van der Waals surface area contributed by atoms with E-state index in [1.807, 2.05) is 0 Å². The summed E-state index contributed by atoms with van der Waals surface area (Å²) in [6, 6.07) is -0.303. The van der Waals surface area contributed by atoms with Gasteiger partial charge in [-0.25, -0.2) is 0 Å². The van der Waals surface area contributed by atoms with Gasteiger partial charge in [-0.3, -0.25) is 4.79 Å². The SMILES string of the molecule is COC(=O)C(CC(C)C)NCC(O)CC1CCCC1. The van der Waals surface area contributed by atoms with Crippen LogP contribution in [0.2, 0.25) is 0 Å². The van der Waals surface area contributed by atoms with Crippen molar-refractivity contribution in [3.63, 3.8) is 0 Å². The predicted molar refractivity (Wildman–Crippen MR) is 75.8 cm³/mol.